The first kappa shape index (κ1) is 40.0. The first-order valence-electron chi connectivity index (χ1n) is 20.6. The standard InChI is InChI=1S/C52H54O7/c1-8-9-28-58-40-21-17-38(18-22-40)52(37-15-19-39(55-5)20-16-37)25-24-42-49-48(43-32-46(56-6)47(57-7)33-44(43)50(42)59-52)41-23-14-36(35-12-10-34(2)11-13-35)31-45(41)51(49,26-29-53-3)27-30-54-4/h10-25,31-33H,8-9,26-30H2,1-7H3. The maximum atomic E-state index is 7.69. The van der Waals surface area contributed by atoms with E-state index in [1.807, 2.05) is 24.3 Å². The summed E-state index contributed by atoms with van der Waals surface area (Å²) in [6, 6.07) is 36.4. The fourth-order valence-corrected chi connectivity index (χ4v) is 9.11. The van der Waals surface area contributed by atoms with Crippen molar-refractivity contribution in [1.29, 1.82) is 0 Å². The van der Waals surface area contributed by atoms with Gasteiger partial charge in [0.05, 0.1) is 27.9 Å². The van der Waals surface area contributed by atoms with E-state index < -0.39 is 11.0 Å². The Kier molecular flexibility index (Phi) is 11.4. The Balaban J connectivity index is 1.43. The van der Waals surface area contributed by atoms with Gasteiger partial charge in [-0.3, -0.25) is 0 Å². The molecule has 59 heavy (non-hydrogen) atoms. The van der Waals surface area contributed by atoms with Crippen LogP contribution in [-0.2, 0) is 20.5 Å². The van der Waals surface area contributed by atoms with E-state index in [1.54, 1.807) is 35.5 Å². The van der Waals surface area contributed by atoms with Crippen LogP contribution in [0.2, 0.25) is 0 Å². The average molecular weight is 791 g/mol. The number of ether oxygens (including phenoxy) is 7. The van der Waals surface area contributed by atoms with Crippen LogP contribution in [0.4, 0.5) is 0 Å². The highest BCUT2D eigenvalue weighted by Gasteiger charge is 2.48. The highest BCUT2D eigenvalue weighted by atomic mass is 16.5. The van der Waals surface area contributed by atoms with Gasteiger partial charge >= 0.3 is 0 Å². The fourth-order valence-electron chi connectivity index (χ4n) is 9.11. The molecule has 0 bridgehead atoms. The maximum Gasteiger partial charge on any atom is 0.178 e. The quantitative estimate of drug-likeness (QED) is 0.0905. The van der Waals surface area contributed by atoms with Crippen molar-refractivity contribution in [3.63, 3.8) is 0 Å². The molecule has 0 aromatic heterocycles. The van der Waals surface area contributed by atoms with E-state index in [9.17, 15) is 0 Å². The van der Waals surface area contributed by atoms with Gasteiger partial charge in [-0.25, -0.2) is 0 Å². The van der Waals surface area contributed by atoms with Crippen LogP contribution in [0, 0.1) is 6.92 Å². The number of benzene rings is 6. The molecule has 0 saturated carbocycles. The van der Waals surface area contributed by atoms with Crippen molar-refractivity contribution in [3.8, 4) is 51.0 Å². The Labute approximate surface area is 348 Å². The lowest BCUT2D eigenvalue weighted by Crippen LogP contribution is -2.36. The third-order valence-electron chi connectivity index (χ3n) is 12.3. The molecule has 0 spiro atoms. The molecule has 1 heterocycles. The summed E-state index contributed by atoms with van der Waals surface area (Å²) in [4.78, 5) is 0. The van der Waals surface area contributed by atoms with Crippen LogP contribution in [0.25, 0.3) is 39.1 Å². The molecule has 0 radical (unpaired) electrons. The number of hydrogen-bond donors (Lipinski definition) is 0. The minimum atomic E-state index is -0.999. The van der Waals surface area contributed by atoms with Crippen molar-refractivity contribution in [2.24, 2.45) is 0 Å². The molecule has 7 heteroatoms. The number of aryl methyl sites for hydroxylation is 1. The van der Waals surface area contributed by atoms with Gasteiger partial charge in [-0.2, -0.15) is 0 Å². The van der Waals surface area contributed by atoms with E-state index in [0.717, 1.165) is 76.0 Å². The van der Waals surface area contributed by atoms with E-state index in [0.29, 0.717) is 31.3 Å². The zero-order valence-corrected chi connectivity index (χ0v) is 35.3. The van der Waals surface area contributed by atoms with Gasteiger partial charge in [0.15, 0.2) is 17.1 Å². The number of hydrogen-bond acceptors (Lipinski definition) is 7. The van der Waals surface area contributed by atoms with E-state index in [2.05, 4.69) is 105 Å². The molecule has 1 atom stereocenters. The van der Waals surface area contributed by atoms with Gasteiger partial charge < -0.3 is 33.2 Å². The molecule has 0 amide bonds. The van der Waals surface area contributed by atoms with E-state index >= 15 is 0 Å². The first-order chi connectivity index (χ1) is 28.8. The monoisotopic (exact) mass is 790 g/mol. The van der Waals surface area contributed by atoms with Crippen molar-refractivity contribution < 1.29 is 33.2 Å². The lowest BCUT2D eigenvalue weighted by atomic mass is 9.70. The second-order valence-corrected chi connectivity index (χ2v) is 15.6. The van der Waals surface area contributed by atoms with Gasteiger partial charge in [0.1, 0.15) is 17.2 Å². The van der Waals surface area contributed by atoms with Gasteiger partial charge in [0, 0.05) is 54.9 Å². The first-order valence-corrected chi connectivity index (χ1v) is 20.6. The normalized spacial score (nSPS) is 15.9. The Morgan fingerprint density at radius 3 is 1.81 bits per heavy atom. The summed E-state index contributed by atoms with van der Waals surface area (Å²) >= 11 is 0. The molecule has 1 aliphatic heterocycles. The lowest BCUT2D eigenvalue weighted by molar-refractivity contribution is 0.143. The highest BCUT2D eigenvalue weighted by Crippen LogP contribution is 2.61. The van der Waals surface area contributed by atoms with Crippen molar-refractivity contribution in [3.05, 3.63) is 143 Å². The van der Waals surface area contributed by atoms with Crippen molar-refractivity contribution >= 4 is 16.8 Å². The highest BCUT2D eigenvalue weighted by molar-refractivity contribution is 6.10. The molecule has 1 aliphatic carbocycles. The third kappa shape index (κ3) is 7.00. The molecule has 0 fully saturated rings. The van der Waals surface area contributed by atoms with Crippen LogP contribution in [0.3, 0.4) is 0 Å². The van der Waals surface area contributed by atoms with Crippen molar-refractivity contribution in [2.45, 2.75) is 50.5 Å². The summed E-state index contributed by atoms with van der Waals surface area (Å²) in [5, 5.41) is 1.96. The largest absolute Gasteiger partial charge is 0.497 e. The molecule has 0 N–H and O–H groups in total. The van der Waals surface area contributed by atoms with E-state index in [-0.39, 0.29) is 0 Å². The molecule has 8 rings (SSSR count). The molecular weight excluding hydrogens is 737 g/mol. The summed E-state index contributed by atoms with van der Waals surface area (Å²) in [6.45, 7) is 6.08. The molecule has 304 valence electrons. The predicted octanol–water partition coefficient (Wildman–Crippen LogP) is 11.7. The topological polar surface area (TPSA) is 64.6 Å². The number of rotatable bonds is 16. The Bertz CT molecular complexity index is 2460. The average Bonchev–Trinajstić information content (AvgIpc) is 3.57. The Hall–Kier alpha value is -5.76. The SMILES string of the molecule is CCCCOc1ccc(C2(c3ccc(OC)cc3)C=Cc3c4c(c5cc(OC)c(OC)cc5c3O2)-c2ccc(-c3ccc(C)cc3)cc2C4(CCOC)CCOC)cc1. The summed E-state index contributed by atoms with van der Waals surface area (Å²) in [5.74, 6) is 3.65. The molecular formula is C52H54O7. The van der Waals surface area contributed by atoms with Crippen LogP contribution in [0.5, 0.6) is 28.7 Å². The number of fused-ring (bicyclic) bond motifs is 8. The second-order valence-electron chi connectivity index (χ2n) is 15.6. The summed E-state index contributed by atoms with van der Waals surface area (Å²) in [7, 11) is 8.62. The molecule has 6 aromatic carbocycles. The number of methoxy groups -OCH3 is 5. The predicted molar refractivity (Wildman–Crippen MR) is 237 cm³/mol. The van der Waals surface area contributed by atoms with Crippen LogP contribution in [0.1, 0.15) is 66.0 Å². The van der Waals surface area contributed by atoms with Gasteiger partial charge in [-0.15, -0.1) is 0 Å². The molecule has 7 nitrogen and oxygen atoms in total. The molecule has 6 aromatic rings. The van der Waals surface area contributed by atoms with Crippen molar-refractivity contribution in [2.75, 3.05) is 55.4 Å². The zero-order chi connectivity index (χ0) is 41.1. The summed E-state index contributed by atoms with van der Waals surface area (Å²) in [6.07, 6.45) is 8.06. The Morgan fingerprint density at radius 2 is 1.22 bits per heavy atom. The third-order valence-corrected chi connectivity index (χ3v) is 12.3. The van der Waals surface area contributed by atoms with Crippen LogP contribution in [0.15, 0.2) is 109 Å². The number of unbranched alkanes of at least 4 members (excludes halogenated alkanes) is 1. The zero-order valence-electron chi connectivity index (χ0n) is 35.3. The Morgan fingerprint density at radius 1 is 0.610 bits per heavy atom. The van der Waals surface area contributed by atoms with Crippen molar-refractivity contribution in [1.82, 2.24) is 0 Å². The van der Waals surface area contributed by atoms with Crippen LogP contribution in [-0.4, -0.2) is 55.4 Å². The maximum absolute atomic E-state index is 7.69. The molecule has 2 aliphatic rings. The fraction of sp³-hybridized carbons (Fsp3) is 0.308. The second kappa shape index (κ2) is 16.8. The summed E-state index contributed by atoms with van der Waals surface area (Å²) in [5.41, 5.74) is 9.86. The van der Waals surface area contributed by atoms with Gasteiger partial charge in [-0.1, -0.05) is 85.6 Å². The minimum absolute atomic E-state index is 0.478. The van der Waals surface area contributed by atoms with Gasteiger partial charge in [0.2, 0.25) is 0 Å². The van der Waals surface area contributed by atoms with E-state index in [1.165, 1.54) is 33.4 Å². The molecule has 0 saturated heterocycles. The van der Waals surface area contributed by atoms with Gasteiger partial charge in [-0.05, 0) is 113 Å². The smallest absolute Gasteiger partial charge is 0.178 e. The minimum Gasteiger partial charge on any atom is -0.497 e. The summed E-state index contributed by atoms with van der Waals surface area (Å²) < 4.78 is 43.3. The van der Waals surface area contributed by atoms with Crippen LogP contribution >= 0.6 is 0 Å². The molecule has 1 unspecified atom stereocenters. The van der Waals surface area contributed by atoms with E-state index in [4.69, 9.17) is 33.2 Å². The van der Waals surface area contributed by atoms with Gasteiger partial charge in [0.25, 0.3) is 0 Å². The lowest BCUT2D eigenvalue weighted by Gasteiger charge is -2.40. The van der Waals surface area contributed by atoms with Crippen LogP contribution < -0.4 is 23.7 Å².